The van der Waals surface area contributed by atoms with Crippen molar-refractivity contribution in [1.82, 2.24) is 19.5 Å². The summed E-state index contributed by atoms with van der Waals surface area (Å²) in [5.41, 5.74) is 1.83. The van der Waals surface area contributed by atoms with E-state index in [0.717, 1.165) is 11.0 Å². The molecule has 0 bridgehead atoms. The standard InChI is InChI=1S/C20H19N5O4/c1-27-15-10-12(11-16(28-2)18(15)29-3)22-19-21-9-8-17(24-19)25-14-7-5-4-6-13(14)23-20(25)26/h4-11H,1-3H3,(H,23,26)(H,21,22,24). The minimum atomic E-state index is -0.274. The van der Waals surface area contributed by atoms with Crippen molar-refractivity contribution in [2.75, 3.05) is 26.6 Å². The number of ether oxygens (including phenoxy) is 3. The molecule has 2 aromatic carbocycles. The molecule has 0 spiro atoms. The van der Waals surface area contributed by atoms with Crippen LogP contribution in [0, 0.1) is 0 Å². The molecule has 9 nitrogen and oxygen atoms in total. The van der Waals surface area contributed by atoms with Gasteiger partial charge in [-0.25, -0.2) is 14.3 Å². The maximum atomic E-state index is 12.4. The van der Waals surface area contributed by atoms with Gasteiger partial charge in [-0.3, -0.25) is 0 Å². The smallest absolute Gasteiger partial charge is 0.332 e. The van der Waals surface area contributed by atoms with E-state index in [1.165, 1.54) is 4.57 Å². The topological polar surface area (TPSA) is 103 Å². The zero-order valence-corrected chi connectivity index (χ0v) is 16.1. The van der Waals surface area contributed by atoms with E-state index in [2.05, 4.69) is 20.3 Å². The highest BCUT2D eigenvalue weighted by atomic mass is 16.5. The van der Waals surface area contributed by atoms with E-state index in [4.69, 9.17) is 14.2 Å². The van der Waals surface area contributed by atoms with Gasteiger partial charge in [0.25, 0.3) is 0 Å². The molecule has 0 saturated heterocycles. The van der Waals surface area contributed by atoms with Gasteiger partial charge in [0.2, 0.25) is 11.7 Å². The number of nitrogens with zero attached hydrogens (tertiary/aromatic N) is 3. The van der Waals surface area contributed by atoms with Gasteiger partial charge in [-0.2, -0.15) is 4.98 Å². The number of hydrogen-bond donors (Lipinski definition) is 2. The summed E-state index contributed by atoms with van der Waals surface area (Å²) in [6.07, 6.45) is 1.58. The number of imidazole rings is 1. The summed E-state index contributed by atoms with van der Waals surface area (Å²) in [6.45, 7) is 0. The molecule has 29 heavy (non-hydrogen) atoms. The lowest BCUT2D eigenvalue weighted by Gasteiger charge is -2.14. The molecule has 0 aliphatic heterocycles. The lowest BCUT2D eigenvalue weighted by molar-refractivity contribution is 0.324. The lowest BCUT2D eigenvalue weighted by atomic mass is 10.2. The number of aromatic nitrogens is 4. The highest BCUT2D eigenvalue weighted by molar-refractivity contribution is 5.76. The second-order valence-electron chi connectivity index (χ2n) is 6.06. The number of fused-ring (bicyclic) bond motifs is 1. The van der Waals surface area contributed by atoms with Crippen molar-refractivity contribution in [2.24, 2.45) is 0 Å². The van der Waals surface area contributed by atoms with E-state index in [0.29, 0.717) is 34.7 Å². The minimum Gasteiger partial charge on any atom is -0.493 e. The van der Waals surface area contributed by atoms with E-state index in [-0.39, 0.29) is 5.69 Å². The van der Waals surface area contributed by atoms with Crippen LogP contribution in [0.1, 0.15) is 0 Å². The van der Waals surface area contributed by atoms with Gasteiger partial charge < -0.3 is 24.5 Å². The van der Waals surface area contributed by atoms with E-state index in [9.17, 15) is 4.79 Å². The maximum Gasteiger partial charge on any atom is 0.332 e. The fraction of sp³-hybridized carbons (Fsp3) is 0.150. The third kappa shape index (κ3) is 3.33. The van der Waals surface area contributed by atoms with Gasteiger partial charge in [-0.15, -0.1) is 0 Å². The van der Waals surface area contributed by atoms with Crippen molar-refractivity contribution in [3.63, 3.8) is 0 Å². The molecule has 0 amide bonds. The summed E-state index contributed by atoms with van der Waals surface area (Å²) >= 11 is 0. The predicted octanol–water partition coefficient (Wildman–Crippen LogP) is 2.88. The van der Waals surface area contributed by atoms with Gasteiger partial charge in [0.05, 0.1) is 32.4 Å². The second-order valence-corrected chi connectivity index (χ2v) is 6.06. The molecule has 0 radical (unpaired) electrons. The molecule has 148 valence electrons. The number of para-hydroxylation sites is 2. The molecule has 0 fully saturated rings. The number of methoxy groups -OCH3 is 3. The average molecular weight is 393 g/mol. The normalized spacial score (nSPS) is 10.7. The number of nitrogens with one attached hydrogen (secondary N) is 2. The lowest BCUT2D eigenvalue weighted by Crippen LogP contribution is -2.16. The Morgan fingerprint density at radius 1 is 1.00 bits per heavy atom. The SMILES string of the molecule is COc1cc(Nc2nccc(-n3c(=O)[nH]c4ccccc43)n2)cc(OC)c1OC. The van der Waals surface area contributed by atoms with E-state index >= 15 is 0 Å². The maximum absolute atomic E-state index is 12.4. The molecule has 4 rings (SSSR count). The minimum absolute atomic E-state index is 0.274. The van der Waals surface area contributed by atoms with Crippen LogP contribution in [0.4, 0.5) is 11.6 Å². The van der Waals surface area contributed by atoms with E-state index in [1.807, 2.05) is 24.3 Å². The molecule has 9 heteroatoms. The Kier molecular flexibility index (Phi) is 4.78. The number of rotatable bonds is 6. The van der Waals surface area contributed by atoms with Crippen LogP contribution in [-0.4, -0.2) is 40.8 Å². The van der Waals surface area contributed by atoms with Gasteiger partial charge in [0.1, 0.15) is 5.82 Å². The third-order valence-electron chi connectivity index (χ3n) is 4.38. The van der Waals surface area contributed by atoms with Crippen molar-refractivity contribution in [1.29, 1.82) is 0 Å². The molecule has 0 aliphatic rings. The predicted molar refractivity (Wildman–Crippen MR) is 109 cm³/mol. The Hall–Kier alpha value is -4.01. The molecule has 4 aromatic rings. The highest BCUT2D eigenvalue weighted by Crippen LogP contribution is 2.40. The molecule has 0 aliphatic carbocycles. The fourth-order valence-corrected chi connectivity index (χ4v) is 3.10. The quantitative estimate of drug-likeness (QED) is 0.519. The molecule has 0 unspecified atom stereocenters. The Morgan fingerprint density at radius 2 is 1.72 bits per heavy atom. The summed E-state index contributed by atoms with van der Waals surface area (Å²) in [6, 6.07) is 12.6. The van der Waals surface area contributed by atoms with Crippen LogP contribution in [0.3, 0.4) is 0 Å². The Bertz CT molecular complexity index is 1210. The van der Waals surface area contributed by atoms with Crippen LogP contribution in [0.2, 0.25) is 0 Å². The Labute approximate surface area is 165 Å². The summed E-state index contributed by atoms with van der Waals surface area (Å²) in [4.78, 5) is 24.0. The molecule has 2 N–H and O–H groups in total. The van der Waals surface area contributed by atoms with Crippen molar-refractivity contribution in [2.45, 2.75) is 0 Å². The van der Waals surface area contributed by atoms with Crippen LogP contribution in [0.25, 0.3) is 16.9 Å². The largest absolute Gasteiger partial charge is 0.493 e. The highest BCUT2D eigenvalue weighted by Gasteiger charge is 2.15. The first kappa shape index (κ1) is 18.4. The molecule has 0 atom stereocenters. The Morgan fingerprint density at radius 3 is 2.41 bits per heavy atom. The van der Waals surface area contributed by atoms with Gasteiger partial charge in [0, 0.05) is 30.1 Å². The summed E-state index contributed by atoms with van der Waals surface area (Å²) in [5, 5.41) is 3.11. The van der Waals surface area contributed by atoms with Crippen LogP contribution in [0.5, 0.6) is 17.2 Å². The van der Waals surface area contributed by atoms with Crippen LogP contribution in [-0.2, 0) is 0 Å². The fourth-order valence-electron chi connectivity index (χ4n) is 3.10. The summed E-state index contributed by atoms with van der Waals surface area (Å²) < 4.78 is 17.6. The average Bonchev–Trinajstić information content (AvgIpc) is 3.08. The molecular formula is C20H19N5O4. The zero-order valence-electron chi connectivity index (χ0n) is 16.1. The number of hydrogen-bond acceptors (Lipinski definition) is 7. The van der Waals surface area contributed by atoms with E-state index in [1.54, 1.807) is 45.7 Å². The second kappa shape index (κ2) is 7.55. The number of benzene rings is 2. The third-order valence-corrected chi connectivity index (χ3v) is 4.38. The monoisotopic (exact) mass is 393 g/mol. The first-order valence-corrected chi connectivity index (χ1v) is 8.75. The van der Waals surface area contributed by atoms with Gasteiger partial charge in [-0.05, 0) is 12.1 Å². The van der Waals surface area contributed by atoms with Crippen molar-refractivity contribution < 1.29 is 14.2 Å². The first-order valence-electron chi connectivity index (χ1n) is 8.75. The van der Waals surface area contributed by atoms with Gasteiger partial charge >= 0.3 is 5.69 Å². The molecular weight excluding hydrogens is 374 g/mol. The van der Waals surface area contributed by atoms with Crippen molar-refractivity contribution in [3.05, 3.63) is 59.1 Å². The van der Waals surface area contributed by atoms with Gasteiger partial charge in [0.15, 0.2) is 11.5 Å². The molecule has 0 saturated carbocycles. The summed E-state index contributed by atoms with van der Waals surface area (Å²) in [5.74, 6) is 2.24. The van der Waals surface area contributed by atoms with E-state index < -0.39 is 0 Å². The molecule has 2 aromatic heterocycles. The number of H-pyrrole nitrogens is 1. The Balaban J connectivity index is 1.74. The van der Waals surface area contributed by atoms with Crippen LogP contribution >= 0.6 is 0 Å². The van der Waals surface area contributed by atoms with Gasteiger partial charge in [-0.1, -0.05) is 12.1 Å². The molecule has 2 heterocycles. The number of aromatic amines is 1. The van der Waals surface area contributed by atoms with Crippen molar-refractivity contribution in [3.8, 4) is 23.1 Å². The summed E-state index contributed by atoms with van der Waals surface area (Å²) in [7, 11) is 4.63. The number of anilines is 2. The van der Waals surface area contributed by atoms with Crippen molar-refractivity contribution >= 4 is 22.7 Å². The first-order chi connectivity index (χ1) is 14.1. The van der Waals surface area contributed by atoms with Crippen LogP contribution in [0.15, 0.2) is 53.5 Å². The zero-order chi connectivity index (χ0) is 20.4. The van der Waals surface area contributed by atoms with Crippen LogP contribution < -0.4 is 25.2 Å².